The first-order chi connectivity index (χ1) is 17.9. The maximum Gasteiger partial charge on any atom is 0.407 e. The highest BCUT2D eigenvalue weighted by atomic mass is 19.1. The van der Waals surface area contributed by atoms with Gasteiger partial charge in [-0.05, 0) is 37.1 Å². The molecule has 0 spiro atoms. The number of carbonyl (C=O) groups excluding carboxylic acids is 1. The number of benzene rings is 1. The van der Waals surface area contributed by atoms with Crippen LogP contribution in [0.4, 0.5) is 29.7 Å². The number of carbonyl (C=O) groups is 2. The van der Waals surface area contributed by atoms with Crippen LogP contribution >= 0.6 is 0 Å². The molecule has 1 aromatic heterocycles. The number of halogens is 2. The number of nitrogens with one attached hydrogen (secondary N) is 2. The van der Waals surface area contributed by atoms with Crippen molar-refractivity contribution in [2.75, 3.05) is 56.6 Å². The summed E-state index contributed by atoms with van der Waals surface area (Å²) in [4.78, 5) is 30.6. The van der Waals surface area contributed by atoms with E-state index in [-0.39, 0.29) is 17.5 Å². The molecule has 2 fully saturated rings. The van der Waals surface area contributed by atoms with Crippen LogP contribution in [0, 0.1) is 17.6 Å². The lowest BCUT2D eigenvalue weighted by atomic mass is 9.99. The number of amides is 3. The fourth-order valence-corrected chi connectivity index (χ4v) is 4.53. The van der Waals surface area contributed by atoms with Crippen molar-refractivity contribution < 1.29 is 33.0 Å². The molecule has 2 saturated heterocycles. The summed E-state index contributed by atoms with van der Waals surface area (Å²) in [6, 6.07) is 3.83. The number of ether oxygens (including phenoxy) is 2. The molecule has 0 bridgehead atoms. The standard InChI is InChI=1S/C25H27F2N5O5/c26-19-10-17(29-12-16-13-32(14-16)25(34)35)11-20(27)18(19)9-15-2-5-31(6-3-15)24(33)30-21-1-4-28-23-22(21)36-7-8-37-23/h1,4,9-11,16,29H,2-3,5-8,12-14H2,(H,34,35)(H,28,30,33). The zero-order chi connectivity index (χ0) is 25.9. The van der Waals surface area contributed by atoms with Crippen LogP contribution in [0.2, 0.25) is 0 Å². The number of fused-ring (bicyclic) bond motifs is 1. The zero-order valence-electron chi connectivity index (χ0n) is 20.0. The van der Waals surface area contributed by atoms with E-state index in [4.69, 9.17) is 14.6 Å². The molecular weight excluding hydrogens is 488 g/mol. The van der Waals surface area contributed by atoms with Crippen LogP contribution in [0.15, 0.2) is 30.0 Å². The maximum atomic E-state index is 14.7. The van der Waals surface area contributed by atoms with E-state index in [1.165, 1.54) is 29.3 Å². The zero-order valence-corrected chi connectivity index (χ0v) is 20.0. The highest BCUT2D eigenvalue weighted by Crippen LogP contribution is 2.35. The van der Waals surface area contributed by atoms with Crippen molar-refractivity contribution in [2.24, 2.45) is 5.92 Å². The van der Waals surface area contributed by atoms with Gasteiger partial charge in [0.2, 0.25) is 5.75 Å². The Balaban J connectivity index is 1.15. The maximum absolute atomic E-state index is 14.7. The Morgan fingerprint density at radius 3 is 2.51 bits per heavy atom. The van der Waals surface area contributed by atoms with Crippen molar-refractivity contribution in [1.82, 2.24) is 14.8 Å². The van der Waals surface area contributed by atoms with Crippen LogP contribution in [-0.4, -0.2) is 78.0 Å². The Bertz CT molecular complexity index is 1200. The summed E-state index contributed by atoms with van der Waals surface area (Å²) in [6.45, 7) is 2.81. The number of likely N-dealkylation sites (tertiary alicyclic amines) is 2. The Morgan fingerprint density at radius 2 is 1.81 bits per heavy atom. The second-order valence-electron chi connectivity index (χ2n) is 9.20. The van der Waals surface area contributed by atoms with Crippen molar-refractivity contribution in [2.45, 2.75) is 12.8 Å². The van der Waals surface area contributed by atoms with Gasteiger partial charge >= 0.3 is 12.1 Å². The van der Waals surface area contributed by atoms with E-state index in [1.807, 2.05) is 0 Å². The van der Waals surface area contributed by atoms with Crippen LogP contribution in [-0.2, 0) is 0 Å². The lowest BCUT2D eigenvalue weighted by molar-refractivity contribution is 0.0864. The number of carboxylic acid groups (broad SMARTS) is 1. The molecule has 4 heterocycles. The fourth-order valence-electron chi connectivity index (χ4n) is 4.53. The summed E-state index contributed by atoms with van der Waals surface area (Å²) in [5.41, 5.74) is 1.53. The minimum Gasteiger partial charge on any atom is -0.483 e. The monoisotopic (exact) mass is 515 g/mol. The van der Waals surface area contributed by atoms with Gasteiger partial charge in [0, 0.05) is 56.1 Å². The second kappa shape index (κ2) is 10.5. The summed E-state index contributed by atoms with van der Waals surface area (Å²) < 4.78 is 40.5. The molecule has 12 heteroatoms. The minimum atomic E-state index is -0.964. The Labute approximate surface area is 211 Å². The lowest BCUT2D eigenvalue weighted by Crippen LogP contribution is -2.51. The quantitative estimate of drug-likeness (QED) is 0.554. The summed E-state index contributed by atoms with van der Waals surface area (Å²) in [6.07, 6.45) is 3.06. The molecule has 5 rings (SSSR count). The molecule has 37 heavy (non-hydrogen) atoms. The number of pyridine rings is 1. The van der Waals surface area contributed by atoms with Gasteiger partial charge in [-0.2, -0.15) is 0 Å². The summed E-state index contributed by atoms with van der Waals surface area (Å²) in [5.74, 6) is -0.512. The van der Waals surface area contributed by atoms with Crippen LogP contribution in [0.1, 0.15) is 18.4 Å². The van der Waals surface area contributed by atoms with Gasteiger partial charge in [0.25, 0.3) is 5.88 Å². The largest absolute Gasteiger partial charge is 0.483 e. The molecule has 0 atom stereocenters. The van der Waals surface area contributed by atoms with Crippen molar-refractivity contribution >= 4 is 29.6 Å². The van der Waals surface area contributed by atoms with E-state index < -0.39 is 17.7 Å². The molecule has 3 aliphatic rings. The van der Waals surface area contributed by atoms with E-state index in [9.17, 15) is 18.4 Å². The van der Waals surface area contributed by atoms with Crippen molar-refractivity contribution in [3.8, 4) is 11.6 Å². The molecule has 3 amide bonds. The Hall–Kier alpha value is -4.09. The van der Waals surface area contributed by atoms with Gasteiger partial charge in [-0.1, -0.05) is 5.57 Å². The van der Waals surface area contributed by atoms with E-state index in [2.05, 4.69) is 15.6 Å². The number of piperidine rings is 1. The fraction of sp³-hybridized carbons (Fsp3) is 0.400. The van der Waals surface area contributed by atoms with Gasteiger partial charge < -0.3 is 35.0 Å². The molecule has 196 valence electrons. The van der Waals surface area contributed by atoms with E-state index in [1.54, 1.807) is 11.0 Å². The molecule has 2 aromatic rings. The van der Waals surface area contributed by atoms with Gasteiger partial charge in [-0.25, -0.2) is 23.4 Å². The van der Waals surface area contributed by atoms with Crippen LogP contribution in [0.5, 0.6) is 11.6 Å². The molecule has 10 nitrogen and oxygen atoms in total. The molecule has 0 unspecified atom stereocenters. The highest BCUT2D eigenvalue weighted by molar-refractivity contribution is 5.91. The summed E-state index contributed by atoms with van der Waals surface area (Å²) >= 11 is 0. The predicted octanol–water partition coefficient (Wildman–Crippen LogP) is 3.86. The summed E-state index contributed by atoms with van der Waals surface area (Å²) in [5, 5.41) is 14.7. The third kappa shape index (κ3) is 5.52. The molecule has 0 radical (unpaired) electrons. The second-order valence-corrected chi connectivity index (χ2v) is 9.20. The van der Waals surface area contributed by atoms with Gasteiger partial charge in [-0.3, -0.25) is 0 Å². The third-order valence-corrected chi connectivity index (χ3v) is 6.62. The normalized spacial score (nSPS) is 17.2. The summed E-state index contributed by atoms with van der Waals surface area (Å²) in [7, 11) is 0. The number of nitrogens with zero attached hydrogens (tertiary/aromatic N) is 3. The van der Waals surface area contributed by atoms with E-state index in [0.717, 1.165) is 5.57 Å². The van der Waals surface area contributed by atoms with E-state index >= 15 is 0 Å². The molecule has 0 aliphatic carbocycles. The number of rotatable bonds is 5. The van der Waals surface area contributed by atoms with Crippen LogP contribution < -0.4 is 20.1 Å². The van der Waals surface area contributed by atoms with Gasteiger partial charge in [0.1, 0.15) is 24.8 Å². The highest BCUT2D eigenvalue weighted by Gasteiger charge is 2.30. The van der Waals surface area contributed by atoms with Crippen molar-refractivity contribution in [1.29, 1.82) is 0 Å². The number of hydrogen-bond acceptors (Lipinski definition) is 6. The SMILES string of the molecule is O=C(O)N1CC(CNc2cc(F)c(C=C3CCN(C(=O)Nc4ccnc5c4OCCO5)CC3)c(F)c2)C1. The van der Waals surface area contributed by atoms with Gasteiger partial charge in [-0.15, -0.1) is 0 Å². The minimum absolute atomic E-state index is 0.108. The Kier molecular flexibility index (Phi) is 6.97. The third-order valence-electron chi connectivity index (χ3n) is 6.62. The average molecular weight is 516 g/mol. The first kappa shape index (κ1) is 24.6. The number of aromatic nitrogens is 1. The molecule has 3 N–H and O–H groups in total. The van der Waals surface area contributed by atoms with Gasteiger partial charge in [0.15, 0.2) is 0 Å². The molecule has 3 aliphatic heterocycles. The van der Waals surface area contributed by atoms with Crippen LogP contribution in [0.3, 0.4) is 0 Å². The van der Waals surface area contributed by atoms with Crippen molar-refractivity contribution in [3.63, 3.8) is 0 Å². The number of anilines is 2. The van der Waals surface area contributed by atoms with Crippen LogP contribution in [0.25, 0.3) is 6.08 Å². The number of hydrogen-bond donors (Lipinski definition) is 3. The van der Waals surface area contributed by atoms with E-state index in [0.29, 0.717) is 81.8 Å². The Morgan fingerprint density at radius 1 is 1.11 bits per heavy atom. The molecular formula is C25H27F2N5O5. The van der Waals surface area contributed by atoms with Gasteiger partial charge in [0.05, 0.1) is 5.69 Å². The lowest BCUT2D eigenvalue weighted by Gasteiger charge is -2.37. The first-order valence-corrected chi connectivity index (χ1v) is 12.1. The average Bonchev–Trinajstić information content (AvgIpc) is 2.85. The molecule has 1 aromatic carbocycles. The number of urea groups is 1. The first-order valence-electron chi connectivity index (χ1n) is 12.1. The topological polar surface area (TPSA) is 116 Å². The molecule has 0 saturated carbocycles. The smallest absolute Gasteiger partial charge is 0.407 e. The predicted molar refractivity (Wildman–Crippen MR) is 131 cm³/mol. The van der Waals surface area contributed by atoms with Crippen molar-refractivity contribution in [3.05, 3.63) is 47.2 Å².